The monoisotopic (exact) mass is 646 g/mol. The van der Waals surface area contributed by atoms with Crippen molar-refractivity contribution in [3.8, 4) is 23.1 Å². The van der Waals surface area contributed by atoms with Crippen molar-refractivity contribution in [2.75, 3.05) is 10.6 Å². The van der Waals surface area contributed by atoms with Crippen molar-refractivity contribution in [3.63, 3.8) is 0 Å². The van der Waals surface area contributed by atoms with Crippen LogP contribution in [0, 0.1) is 11.3 Å². The van der Waals surface area contributed by atoms with Gasteiger partial charge in [-0.3, -0.25) is 0 Å². The van der Waals surface area contributed by atoms with Crippen LogP contribution < -0.4 is 14.8 Å². The van der Waals surface area contributed by atoms with Crippen LogP contribution in [-0.4, -0.2) is 24.9 Å². The van der Waals surface area contributed by atoms with Crippen molar-refractivity contribution < 1.29 is 43.7 Å². The molecule has 1 aliphatic rings. The maximum absolute atomic E-state index is 13.2. The van der Waals surface area contributed by atoms with Gasteiger partial charge in [-0.15, -0.1) is 0 Å². The Morgan fingerprint density at radius 1 is 0.867 bits per heavy atom. The number of halogens is 6. The number of aromatic nitrogens is 1. The van der Waals surface area contributed by atoms with E-state index < -0.39 is 44.8 Å². The second kappa shape index (κ2) is 11.8. The fraction of sp³-hybridized carbons (Fsp3) is 0.167. The lowest BCUT2D eigenvalue weighted by Gasteiger charge is -2.15. The molecule has 4 aromatic rings. The van der Waals surface area contributed by atoms with E-state index in [-0.39, 0.29) is 40.0 Å². The minimum Gasteiger partial charge on any atom is -0.354 e. The van der Waals surface area contributed by atoms with Crippen molar-refractivity contribution in [2.45, 2.75) is 29.9 Å². The number of alkyl halides is 6. The largest absolute Gasteiger partial charge is 0.534 e. The van der Waals surface area contributed by atoms with E-state index in [0.29, 0.717) is 6.42 Å². The number of rotatable bonds is 7. The molecule has 232 valence electrons. The van der Waals surface area contributed by atoms with Crippen LogP contribution in [0.4, 0.5) is 42.5 Å². The van der Waals surface area contributed by atoms with E-state index in [1.165, 1.54) is 36.4 Å². The first kappa shape index (κ1) is 31.3. The number of nitriles is 1. The topological polar surface area (TPSA) is 121 Å². The number of carbonyl (C=O) groups is 1. The van der Waals surface area contributed by atoms with Gasteiger partial charge in [-0.25, -0.2) is 9.78 Å². The minimum absolute atomic E-state index is 0.0357. The highest BCUT2D eigenvalue weighted by Crippen LogP contribution is 2.55. The summed E-state index contributed by atoms with van der Waals surface area (Å²) in [6.07, 6.45) is -4.04. The number of carbonyl (C=O) groups excluding carboxylic acids is 1. The number of urea groups is 1. The quantitative estimate of drug-likeness (QED) is 0.120. The molecule has 2 amide bonds. The molecular weight excluding hydrogens is 626 g/mol. The summed E-state index contributed by atoms with van der Waals surface area (Å²) < 4.78 is 107. The molecule has 0 saturated heterocycles. The van der Waals surface area contributed by atoms with Crippen molar-refractivity contribution in [1.29, 1.82) is 5.26 Å². The Kier molecular flexibility index (Phi) is 8.19. The Bertz CT molecular complexity index is 1890. The fourth-order valence-electron chi connectivity index (χ4n) is 4.67. The normalized spacial score (nSPS) is 16.4. The molecule has 15 heteroatoms. The molecule has 45 heavy (non-hydrogen) atoms. The van der Waals surface area contributed by atoms with Crippen LogP contribution in [-0.2, 0) is 16.3 Å². The van der Waals surface area contributed by atoms with E-state index in [2.05, 4.69) is 19.8 Å². The third-order valence-corrected chi connectivity index (χ3v) is 7.83. The highest BCUT2D eigenvalue weighted by molar-refractivity contribution is 7.88. The molecule has 3 aromatic carbocycles. The average molecular weight is 647 g/mol. The molecule has 1 aliphatic carbocycles. The lowest BCUT2D eigenvalue weighted by Crippen LogP contribution is -2.28. The third-order valence-electron chi connectivity index (χ3n) is 6.89. The van der Waals surface area contributed by atoms with Gasteiger partial charge in [0.05, 0.1) is 5.56 Å². The molecule has 1 fully saturated rings. The maximum Gasteiger partial charge on any atom is 0.534 e. The smallest absolute Gasteiger partial charge is 0.354 e. The Labute approximate surface area is 252 Å². The molecule has 0 aliphatic heterocycles. The highest BCUT2D eigenvalue weighted by Gasteiger charge is 2.49. The first-order valence-corrected chi connectivity index (χ1v) is 14.4. The van der Waals surface area contributed by atoms with Crippen LogP contribution in [0.25, 0.3) is 11.1 Å². The summed E-state index contributed by atoms with van der Waals surface area (Å²) in [7, 11) is -6.16. The zero-order valence-electron chi connectivity index (χ0n) is 22.6. The van der Waals surface area contributed by atoms with Gasteiger partial charge in [0.15, 0.2) is 0 Å². The highest BCUT2D eigenvalue weighted by atomic mass is 32.2. The molecule has 2 N–H and O–H groups in total. The van der Waals surface area contributed by atoms with Gasteiger partial charge in [-0.2, -0.15) is 40.0 Å². The summed E-state index contributed by atoms with van der Waals surface area (Å²) in [6.45, 7) is 0. The fourth-order valence-corrected chi connectivity index (χ4v) is 5.09. The summed E-state index contributed by atoms with van der Waals surface area (Å²) in [5.74, 6) is -1.37. The van der Waals surface area contributed by atoms with Crippen LogP contribution in [0.3, 0.4) is 0 Å². The average Bonchev–Trinajstić information content (AvgIpc) is 3.78. The van der Waals surface area contributed by atoms with Gasteiger partial charge in [0.2, 0.25) is 0 Å². The van der Waals surface area contributed by atoms with Crippen LogP contribution in [0.5, 0.6) is 5.88 Å². The third kappa shape index (κ3) is 7.01. The molecule has 2 unspecified atom stereocenters. The molecule has 0 radical (unpaired) electrons. The standard InChI is InChI=1S/C30H20F6N4O4S/c31-29(32,33)19-7-4-8-21(13-19)39-28(41)38-20-11-9-18(10-12-20)23-15-26(24-14-22(24)17-5-2-1-3-6-17)40-27(25(23)16-37)44-45(42,43)30(34,35)36/h1-13,15,22,24H,14H2,(H2,38,39,41). The van der Waals surface area contributed by atoms with Crippen molar-refractivity contribution in [3.05, 3.63) is 107 Å². The number of pyridine rings is 1. The summed E-state index contributed by atoms with van der Waals surface area (Å²) in [4.78, 5) is 16.4. The van der Waals surface area contributed by atoms with Gasteiger partial charge < -0.3 is 14.8 Å². The van der Waals surface area contributed by atoms with Gasteiger partial charge in [-0.05, 0) is 59.9 Å². The number of amides is 2. The number of nitrogens with zero attached hydrogens (tertiary/aromatic N) is 2. The molecular formula is C30H20F6N4O4S. The lowest BCUT2D eigenvalue weighted by molar-refractivity contribution is -0.137. The van der Waals surface area contributed by atoms with Crippen molar-refractivity contribution in [2.24, 2.45) is 0 Å². The van der Waals surface area contributed by atoms with E-state index in [9.17, 15) is 44.8 Å². The van der Waals surface area contributed by atoms with E-state index in [1.54, 1.807) is 6.07 Å². The van der Waals surface area contributed by atoms with Crippen LogP contribution in [0.15, 0.2) is 84.9 Å². The van der Waals surface area contributed by atoms with Gasteiger partial charge in [0.25, 0.3) is 5.88 Å². The zero-order chi connectivity index (χ0) is 32.6. The van der Waals surface area contributed by atoms with Crippen molar-refractivity contribution in [1.82, 2.24) is 4.98 Å². The molecule has 2 atom stereocenters. The second-order valence-corrected chi connectivity index (χ2v) is 11.5. The SMILES string of the molecule is N#Cc1c(-c2ccc(NC(=O)Nc3cccc(C(F)(F)F)c3)cc2)cc(C2CC2c2ccccc2)nc1OS(=O)(=O)C(F)(F)F. The second-order valence-electron chi connectivity index (χ2n) is 9.96. The summed E-state index contributed by atoms with van der Waals surface area (Å²) in [5.41, 5.74) is -5.78. The van der Waals surface area contributed by atoms with Gasteiger partial charge in [0.1, 0.15) is 11.6 Å². The Morgan fingerprint density at radius 3 is 2.16 bits per heavy atom. The minimum atomic E-state index is -6.16. The number of anilines is 2. The lowest BCUT2D eigenvalue weighted by atomic mass is 9.98. The van der Waals surface area contributed by atoms with E-state index in [4.69, 9.17) is 0 Å². The molecule has 5 rings (SSSR count). The molecule has 0 bridgehead atoms. The predicted octanol–water partition coefficient (Wildman–Crippen LogP) is 7.78. The molecule has 1 heterocycles. The molecule has 1 saturated carbocycles. The summed E-state index contributed by atoms with van der Waals surface area (Å²) in [5, 5.41) is 14.6. The van der Waals surface area contributed by atoms with Gasteiger partial charge >= 0.3 is 27.8 Å². The Hall–Kier alpha value is -5.10. The molecule has 0 spiro atoms. The van der Waals surface area contributed by atoms with E-state index >= 15 is 0 Å². The first-order chi connectivity index (χ1) is 21.2. The number of hydrogen-bond acceptors (Lipinski definition) is 6. The van der Waals surface area contributed by atoms with E-state index in [0.717, 1.165) is 23.8 Å². The maximum atomic E-state index is 13.2. The predicted molar refractivity (Wildman–Crippen MR) is 151 cm³/mol. The first-order valence-electron chi connectivity index (χ1n) is 13.0. The van der Waals surface area contributed by atoms with Crippen molar-refractivity contribution >= 4 is 27.5 Å². The van der Waals surface area contributed by atoms with Crippen LogP contribution in [0.1, 0.15) is 40.6 Å². The number of benzene rings is 3. The van der Waals surface area contributed by atoms with Gasteiger partial charge in [0, 0.05) is 28.6 Å². The van der Waals surface area contributed by atoms with E-state index in [1.807, 2.05) is 30.3 Å². The Balaban J connectivity index is 1.44. The molecule has 8 nitrogen and oxygen atoms in total. The number of hydrogen-bond donors (Lipinski definition) is 2. The number of nitrogens with one attached hydrogen (secondary N) is 2. The summed E-state index contributed by atoms with van der Waals surface area (Å²) >= 11 is 0. The molecule has 1 aromatic heterocycles. The van der Waals surface area contributed by atoms with Crippen LogP contribution in [0.2, 0.25) is 0 Å². The summed E-state index contributed by atoms with van der Waals surface area (Å²) in [6, 6.07) is 21.1. The van der Waals surface area contributed by atoms with Crippen LogP contribution >= 0.6 is 0 Å². The van der Waals surface area contributed by atoms with Gasteiger partial charge in [-0.1, -0.05) is 48.5 Å². The zero-order valence-corrected chi connectivity index (χ0v) is 23.5. The Morgan fingerprint density at radius 2 is 1.53 bits per heavy atom.